The fourth-order valence-corrected chi connectivity index (χ4v) is 20.1. The average Bonchev–Trinajstić information content (AvgIpc) is 1.62. The number of rotatable bonds is 34. The van der Waals surface area contributed by atoms with E-state index in [1.807, 2.05) is 85.7 Å². The molecule has 147 heavy (non-hydrogen) atoms. The third-order valence-corrected chi connectivity index (χ3v) is 27.7. The highest BCUT2D eigenvalue weighted by Crippen LogP contribution is 2.35. The van der Waals surface area contributed by atoms with Gasteiger partial charge in [0.15, 0.2) is 20.5 Å². The number of piperazine rings is 4. The number of aliphatic hydroxyl groups excluding tert-OH is 1. The normalized spacial score (nSPS) is 13.8. The van der Waals surface area contributed by atoms with E-state index in [1.165, 1.54) is 77.3 Å². The molecule has 49 heteroatoms. The Bertz CT molecular complexity index is 7580. The number of carbonyl (C=O) groups excluding carboxylic acids is 4. The Kier molecular flexibility index (Phi) is 34.3. The molecule has 4 saturated heterocycles. The smallest absolute Gasteiger partial charge is 0.335 e. The molecule has 0 bridgehead atoms. The number of imidazole rings is 4. The molecule has 9 N–H and O–H groups in total. The largest absolute Gasteiger partial charge is 0.492 e. The number of aromatic nitrogens is 16. The first kappa shape index (κ1) is 103. The van der Waals surface area contributed by atoms with Gasteiger partial charge in [-0.25, -0.2) is 57.4 Å². The van der Waals surface area contributed by atoms with E-state index >= 15 is 0 Å². The van der Waals surface area contributed by atoms with Gasteiger partial charge in [-0.15, -0.1) is 45.3 Å². The van der Waals surface area contributed by atoms with Crippen LogP contribution >= 0.6 is 45.3 Å². The summed E-state index contributed by atoms with van der Waals surface area (Å²) in [6.07, 6.45) is 13.4. The molecule has 0 aliphatic carbocycles. The van der Waals surface area contributed by atoms with E-state index in [0.29, 0.717) is 151 Å². The molecule has 0 spiro atoms. The summed E-state index contributed by atoms with van der Waals surface area (Å²) in [5, 5.41) is 42.3. The number of amides is 4. The second kappa shape index (κ2) is 48.8. The molecule has 0 saturated carbocycles. The summed E-state index contributed by atoms with van der Waals surface area (Å²) < 4.78 is 50.3. The van der Waals surface area contributed by atoms with Gasteiger partial charge in [0, 0.05) is 224 Å². The van der Waals surface area contributed by atoms with Crippen molar-refractivity contribution in [1.29, 1.82) is 0 Å². The number of benzene rings is 4. The van der Waals surface area contributed by atoms with Gasteiger partial charge in [0.1, 0.15) is 72.2 Å². The van der Waals surface area contributed by atoms with Crippen molar-refractivity contribution in [2.75, 3.05) is 240 Å². The van der Waals surface area contributed by atoms with E-state index in [9.17, 15) is 38.4 Å². The lowest BCUT2D eigenvalue weighted by Gasteiger charge is -2.30. The Hall–Kier alpha value is -15.0. The Balaban J connectivity index is 0.000000134. The maximum Gasteiger partial charge on any atom is 0.335 e. The molecule has 4 aliphatic heterocycles. The van der Waals surface area contributed by atoms with Crippen LogP contribution in [0.3, 0.4) is 0 Å². The van der Waals surface area contributed by atoms with Crippen LogP contribution in [0.15, 0.2) is 187 Å². The molecule has 0 atom stereocenters. The van der Waals surface area contributed by atoms with Crippen LogP contribution in [0.5, 0.6) is 23.0 Å². The molecule has 45 nitrogen and oxygen atoms in total. The van der Waals surface area contributed by atoms with Gasteiger partial charge in [-0.2, -0.15) is 0 Å². The molecule has 12 aromatic heterocycles. The third kappa shape index (κ3) is 24.2. The number of ether oxygens (including phenoxy) is 7. The molecular formula is C98H113N29O16S4. The zero-order valence-corrected chi connectivity index (χ0v) is 85.4. The van der Waals surface area contributed by atoms with Crippen molar-refractivity contribution >= 4 is 159 Å². The van der Waals surface area contributed by atoms with Crippen molar-refractivity contribution < 1.29 is 57.4 Å². The number of likely N-dealkylation sites (N-methyl/N-ethyl adjacent to an activating group) is 1. The van der Waals surface area contributed by atoms with Gasteiger partial charge in [0.05, 0.1) is 147 Å². The topological polar surface area (TPSA) is 476 Å². The van der Waals surface area contributed by atoms with Crippen molar-refractivity contribution in [2.24, 2.45) is 28.2 Å². The van der Waals surface area contributed by atoms with Crippen LogP contribution in [0.25, 0.3) is 64.7 Å². The highest BCUT2D eigenvalue weighted by molar-refractivity contribution is 7.13. The van der Waals surface area contributed by atoms with Crippen LogP contribution in [0.2, 0.25) is 0 Å². The number of aryl methyl sites for hydroxylation is 4. The summed E-state index contributed by atoms with van der Waals surface area (Å²) >= 11 is 4.92. The number of carbonyl (C=O) groups is 4. The summed E-state index contributed by atoms with van der Waals surface area (Å²) in [4.78, 5) is 150. The summed E-state index contributed by atoms with van der Waals surface area (Å²) in [5.74, 6) is 1.07. The first-order valence-electron chi connectivity index (χ1n) is 47.5. The summed E-state index contributed by atoms with van der Waals surface area (Å²) in [6.45, 7) is 17.9. The van der Waals surface area contributed by atoms with Gasteiger partial charge in [0.25, 0.3) is 23.6 Å². The average molecular weight is 2080 g/mol. The minimum atomic E-state index is -0.371. The molecule has 4 aromatic carbocycles. The van der Waals surface area contributed by atoms with E-state index in [1.54, 1.807) is 148 Å². The Morgan fingerprint density at radius 1 is 0.347 bits per heavy atom. The number of thiazole rings is 4. The van der Waals surface area contributed by atoms with Crippen molar-refractivity contribution in [1.82, 2.24) is 103 Å². The number of hydrogen-bond acceptors (Lipinski definition) is 37. The van der Waals surface area contributed by atoms with E-state index in [0.717, 1.165) is 140 Å². The molecule has 20 rings (SSSR count). The summed E-state index contributed by atoms with van der Waals surface area (Å²) in [5.41, 5.74) is 11.5. The number of hydrogen-bond donors (Lipinski definition) is 9. The van der Waals surface area contributed by atoms with Gasteiger partial charge in [-0.05, 0) is 86.9 Å². The number of fused-ring (bicyclic) bond motifs is 4. The fourth-order valence-electron chi connectivity index (χ4n) is 16.9. The van der Waals surface area contributed by atoms with Gasteiger partial charge in [0.2, 0.25) is 0 Å². The molecule has 0 radical (unpaired) electrons. The minimum absolute atomic E-state index is 0.0995. The van der Waals surface area contributed by atoms with Crippen LogP contribution in [-0.2, 0) is 42.4 Å². The molecule has 4 fully saturated rings. The quantitative estimate of drug-likeness (QED) is 0.0188. The van der Waals surface area contributed by atoms with Crippen LogP contribution < -0.4 is 104 Å². The summed E-state index contributed by atoms with van der Waals surface area (Å²) in [7, 11) is 14.0. The fraction of sp³-hybridized carbons (Fsp3) is 0.347. The molecule has 16 heterocycles. The number of anilines is 8. The number of pyridine rings is 4. The van der Waals surface area contributed by atoms with Crippen LogP contribution in [0.1, 0.15) is 42.0 Å². The maximum absolute atomic E-state index is 13.2. The Morgan fingerprint density at radius 2 is 0.599 bits per heavy atom. The standard InChI is InChI=1S/C26H31N7O5S.C25H30N8O3S.C24H27N7O4S.C23H25N7O4S/c1-31-23-15-18(38-14-13-37-12-11-36-2)3-4-22(23)33(26(31)35)25-30-20(17-39-25)24(34)29-19-16-28-6-5-21(19)32-9-7-27-8-10-32;1-30(2)12-13-36-17-4-5-21-22(14-17)31(3)25(35)33(21)24-29-19(16-37-24)23(34)28-18-15-27-7-6-20(18)32-10-8-26-9-11-32;1-29-21-13-16(35-12-11-34-2)3-4-20(21)31(24(29)33)23-28-18(15-36-23)22(32)27-17-14-26-6-5-19(17)30-9-7-25-8-10-30;1-28-20-12-15(34-11-10-31)2-3-19(20)30(23(28)33)22-27-17(14-35-22)21(32)26-16-13-25-5-4-18(16)29-8-6-24-7-9-29/h3-6,15-17,27H,7-14H2,1-2H3,(H,29,34);4-7,14-16,26H,8-13H2,1-3H3,(H,28,34);3-6,13-15,25H,7-12H2,1-2H3,(H,27,32);2-5,12-14,24,31H,6-11H2,1H3,(H,26,32). The lowest BCUT2D eigenvalue weighted by Crippen LogP contribution is -2.43. The van der Waals surface area contributed by atoms with Crippen LogP contribution in [0.4, 0.5) is 45.5 Å². The van der Waals surface area contributed by atoms with Crippen molar-refractivity contribution in [2.45, 2.75) is 0 Å². The van der Waals surface area contributed by atoms with Gasteiger partial charge < -0.3 is 105 Å². The number of aliphatic hydroxyl groups is 1. The number of nitrogens with zero attached hydrogens (tertiary/aromatic N) is 21. The molecule has 0 unspecified atom stereocenters. The molecular weight excluding hydrogens is 1970 g/mol. The van der Waals surface area contributed by atoms with Crippen molar-refractivity contribution in [3.05, 3.63) is 233 Å². The SMILES string of the molecule is CN(C)CCOc1ccc2c(c1)n(C)c(=O)n2-c1nc(C(=O)Nc2cnccc2N2CCNCC2)cs1.COCCOCCOc1ccc2c(c1)n(C)c(=O)n2-c1nc(C(=O)Nc2cnccc2N2CCNCC2)cs1.COCCOc1ccc2c(c1)n(C)c(=O)n2-c1nc(C(=O)Nc2cnccc2N2CCNCC2)cs1.Cn1c(=O)n(-c2nc(C(=O)Nc3cnccc3N3CCNCC3)cs2)c2ccc(OCCO)cc21. The van der Waals surface area contributed by atoms with E-state index in [2.05, 4.69) is 102 Å². The zero-order chi connectivity index (χ0) is 103. The molecule has 16 aromatic rings. The van der Waals surface area contributed by atoms with Gasteiger partial charge in [-0.3, -0.25) is 57.4 Å². The Labute approximate surface area is 857 Å². The number of methoxy groups -OCH3 is 2. The van der Waals surface area contributed by atoms with Crippen LogP contribution in [0, 0.1) is 0 Å². The summed E-state index contributed by atoms with van der Waals surface area (Å²) in [6, 6.07) is 29.2. The predicted molar refractivity (Wildman–Crippen MR) is 568 cm³/mol. The van der Waals surface area contributed by atoms with Gasteiger partial charge >= 0.3 is 22.8 Å². The third-order valence-electron chi connectivity index (χ3n) is 24.4. The van der Waals surface area contributed by atoms with E-state index in [-0.39, 0.29) is 82.4 Å². The Morgan fingerprint density at radius 3 is 0.864 bits per heavy atom. The molecule has 4 amide bonds. The zero-order valence-electron chi connectivity index (χ0n) is 82.1. The molecule has 770 valence electrons. The second-order valence-electron chi connectivity index (χ2n) is 34.2. The van der Waals surface area contributed by atoms with Crippen LogP contribution in [-0.4, -0.2) is 309 Å². The van der Waals surface area contributed by atoms with Crippen molar-refractivity contribution in [3.63, 3.8) is 0 Å². The molecule has 4 aliphatic rings. The second-order valence-corrected chi connectivity index (χ2v) is 37.6. The lowest BCUT2D eigenvalue weighted by atomic mass is 10.2. The first-order valence-corrected chi connectivity index (χ1v) is 51.0. The first-order chi connectivity index (χ1) is 71.6. The lowest BCUT2D eigenvalue weighted by molar-refractivity contribution is 0.0544. The van der Waals surface area contributed by atoms with E-state index < -0.39 is 0 Å². The van der Waals surface area contributed by atoms with Crippen molar-refractivity contribution in [3.8, 4) is 43.5 Å². The highest BCUT2D eigenvalue weighted by Gasteiger charge is 2.29. The van der Waals surface area contributed by atoms with Gasteiger partial charge in [-0.1, -0.05) is 0 Å². The predicted octanol–water partition coefficient (Wildman–Crippen LogP) is 6.75. The minimum Gasteiger partial charge on any atom is -0.492 e. The maximum atomic E-state index is 13.2. The van der Waals surface area contributed by atoms with E-state index in [4.69, 9.17) is 38.3 Å². The monoisotopic (exact) mass is 2080 g/mol. The highest BCUT2D eigenvalue weighted by atomic mass is 32.1. The number of nitrogens with one attached hydrogen (secondary N) is 8.